The van der Waals surface area contributed by atoms with Gasteiger partial charge >= 0.3 is 5.97 Å². The Balaban J connectivity index is 1.78. The minimum absolute atomic E-state index is 0.0783. The summed E-state index contributed by atoms with van der Waals surface area (Å²) < 4.78 is 0. The highest BCUT2D eigenvalue weighted by Crippen LogP contribution is 2.27. The summed E-state index contributed by atoms with van der Waals surface area (Å²) in [5, 5.41) is 9.00. The molecule has 0 aromatic heterocycles. The second kappa shape index (κ2) is 5.31. The van der Waals surface area contributed by atoms with Crippen LogP contribution in [-0.4, -0.2) is 40.8 Å². The number of nitrogens with zero attached hydrogens (tertiary/aromatic N) is 1. The van der Waals surface area contributed by atoms with Crippen LogP contribution >= 0.6 is 0 Å². The molecule has 0 bridgehead atoms. The quantitative estimate of drug-likeness (QED) is 0.899. The first-order valence-electron chi connectivity index (χ1n) is 7.25. The van der Waals surface area contributed by atoms with Crippen molar-refractivity contribution in [3.8, 4) is 0 Å². The molecule has 5 heteroatoms. The number of hydrogen-bond donors (Lipinski definition) is 1. The van der Waals surface area contributed by atoms with Crippen LogP contribution in [0.25, 0.3) is 0 Å². The Hall–Kier alpha value is -2.17. The molecular weight excluding hydrogens is 270 g/mol. The standard InChI is InChI=1S/C16H17NO4/c18-14-5-4-11-12(14)2-1-3-13(11)15(19)17-8-6-10(7-9-17)16(20)21/h1-3,10H,4-9H2,(H,20,21). The van der Waals surface area contributed by atoms with Gasteiger partial charge < -0.3 is 10.0 Å². The molecule has 2 aliphatic rings. The van der Waals surface area contributed by atoms with Gasteiger partial charge in [0.2, 0.25) is 0 Å². The van der Waals surface area contributed by atoms with Gasteiger partial charge in [0.05, 0.1) is 5.92 Å². The zero-order chi connectivity index (χ0) is 15.0. The van der Waals surface area contributed by atoms with Crippen molar-refractivity contribution in [2.45, 2.75) is 25.7 Å². The average Bonchev–Trinajstić information content (AvgIpc) is 2.88. The van der Waals surface area contributed by atoms with Gasteiger partial charge in [0.15, 0.2) is 5.78 Å². The molecule has 1 heterocycles. The van der Waals surface area contributed by atoms with Crippen molar-refractivity contribution in [2.75, 3.05) is 13.1 Å². The average molecular weight is 287 g/mol. The summed E-state index contributed by atoms with van der Waals surface area (Å²) in [4.78, 5) is 37.0. The van der Waals surface area contributed by atoms with E-state index in [9.17, 15) is 14.4 Å². The van der Waals surface area contributed by atoms with Crippen molar-refractivity contribution in [3.05, 3.63) is 34.9 Å². The molecule has 1 N–H and O–H groups in total. The molecule has 0 atom stereocenters. The van der Waals surface area contributed by atoms with Crippen LogP contribution < -0.4 is 0 Å². The Bertz CT molecular complexity index is 615. The van der Waals surface area contributed by atoms with E-state index in [0.29, 0.717) is 49.9 Å². The highest BCUT2D eigenvalue weighted by molar-refractivity contribution is 6.05. The number of fused-ring (bicyclic) bond motifs is 1. The van der Waals surface area contributed by atoms with Gasteiger partial charge in [-0.25, -0.2) is 0 Å². The number of rotatable bonds is 2. The SMILES string of the molecule is O=C1CCc2c1cccc2C(=O)N1CCC(C(=O)O)CC1. The summed E-state index contributed by atoms with van der Waals surface area (Å²) in [6.07, 6.45) is 2.09. The Labute approximate surface area is 122 Å². The van der Waals surface area contributed by atoms with Gasteiger partial charge in [-0.2, -0.15) is 0 Å². The first-order chi connectivity index (χ1) is 10.1. The number of benzene rings is 1. The van der Waals surface area contributed by atoms with Gasteiger partial charge in [0, 0.05) is 30.6 Å². The maximum atomic E-state index is 12.6. The minimum Gasteiger partial charge on any atom is -0.481 e. The summed E-state index contributed by atoms with van der Waals surface area (Å²) in [6, 6.07) is 5.29. The molecule has 5 nitrogen and oxygen atoms in total. The summed E-state index contributed by atoms with van der Waals surface area (Å²) in [5.74, 6) is -1.11. The smallest absolute Gasteiger partial charge is 0.306 e. The number of likely N-dealkylation sites (tertiary alicyclic amines) is 1. The van der Waals surface area contributed by atoms with Gasteiger partial charge in [-0.15, -0.1) is 0 Å². The van der Waals surface area contributed by atoms with Crippen LogP contribution in [0.1, 0.15) is 45.5 Å². The van der Waals surface area contributed by atoms with Gasteiger partial charge in [-0.3, -0.25) is 14.4 Å². The lowest BCUT2D eigenvalue weighted by Crippen LogP contribution is -2.40. The lowest BCUT2D eigenvalue weighted by atomic mass is 9.95. The lowest BCUT2D eigenvalue weighted by molar-refractivity contribution is -0.143. The van der Waals surface area contributed by atoms with E-state index < -0.39 is 5.97 Å². The maximum absolute atomic E-state index is 12.6. The zero-order valence-electron chi connectivity index (χ0n) is 11.7. The summed E-state index contributed by atoms with van der Waals surface area (Å²) in [7, 11) is 0. The van der Waals surface area contributed by atoms with E-state index in [0.717, 1.165) is 5.56 Å². The Morgan fingerprint density at radius 2 is 1.86 bits per heavy atom. The number of hydrogen-bond acceptors (Lipinski definition) is 3. The van der Waals surface area contributed by atoms with Crippen LogP contribution in [0.2, 0.25) is 0 Å². The van der Waals surface area contributed by atoms with E-state index in [1.807, 2.05) is 0 Å². The second-order valence-electron chi connectivity index (χ2n) is 5.66. The van der Waals surface area contributed by atoms with Crippen LogP contribution in [-0.2, 0) is 11.2 Å². The number of piperidine rings is 1. The third-order valence-electron chi connectivity index (χ3n) is 4.44. The highest BCUT2D eigenvalue weighted by atomic mass is 16.4. The minimum atomic E-state index is -0.784. The molecule has 0 radical (unpaired) electrons. The van der Waals surface area contributed by atoms with Crippen molar-refractivity contribution in [1.82, 2.24) is 4.90 Å². The predicted octanol–water partition coefficient (Wildman–Crippen LogP) is 1.75. The molecule has 0 unspecified atom stereocenters. The van der Waals surface area contributed by atoms with E-state index in [1.54, 1.807) is 23.1 Å². The molecule has 1 aliphatic carbocycles. The van der Waals surface area contributed by atoms with Crippen molar-refractivity contribution >= 4 is 17.7 Å². The largest absolute Gasteiger partial charge is 0.481 e. The molecule has 1 fully saturated rings. The molecule has 110 valence electrons. The number of aliphatic carboxylic acids is 1. The van der Waals surface area contributed by atoms with Crippen LogP contribution in [0, 0.1) is 5.92 Å². The van der Waals surface area contributed by atoms with Gasteiger partial charge in [0.25, 0.3) is 5.91 Å². The van der Waals surface area contributed by atoms with E-state index in [1.165, 1.54) is 0 Å². The second-order valence-corrected chi connectivity index (χ2v) is 5.66. The lowest BCUT2D eigenvalue weighted by Gasteiger charge is -2.30. The van der Waals surface area contributed by atoms with Crippen LogP contribution in [0.3, 0.4) is 0 Å². The first-order valence-corrected chi connectivity index (χ1v) is 7.25. The molecular formula is C16H17NO4. The fourth-order valence-corrected chi connectivity index (χ4v) is 3.19. The molecule has 1 saturated heterocycles. The maximum Gasteiger partial charge on any atom is 0.306 e. The molecule has 3 rings (SSSR count). The third-order valence-corrected chi connectivity index (χ3v) is 4.44. The van der Waals surface area contributed by atoms with Crippen LogP contribution in [0.15, 0.2) is 18.2 Å². The summed E-state index contributed by atoms with van der Waals surface area (Å²) in [6.45, 7) is 0.931. The third kappa shape index (κ3) is 2.44. The van der Waals surface area contributed by atoms with Gasteiger partial charge in [-0.05, 0) is 30.9 Å². The fraction of sp³-hybridized carbons (Fsp3) is 0.438. The number of carbonyl (C=O) groups excluding carboxylic acids is 2. The Morgan fingerprint density at radius 1 is 1.14 bits per heavy atom. The molecule has 0 saturated carbocycles. The Kier molecular flexibility index (Phi) is 3.49. The van der Waals surface area contributed by atoms with Crippen molar-refractivity contribution < 1.29 is 19.5 Å². The van der Waals surface area contributed by atoms with E-state index in [2.05, 4.69) is 0 Å². The number of ketones is 1. The number of amides is 1. The normalized spacial score (nSPS) is 18.7. The predicted molar refractivity (Wildman–Crippen MR) is 75.4 cm³/mol. The number of carbonyl (C=O) groups is 3. The van der Waals surface area contributed by atoms with Gasteiger partial charge in [0.1, 0.15) is 0 Å². The van der Waals surface area contributed by atoms with Crippen LogP contribution in [0.4, 0.5) is 0 Å². The van der Waals surface area contributed by atoms with Crippen LogP contribution in [0.5, 0.6) is 0 Å². The molecule has 1 aromatic rings. The van der Waals surface area contributed by atoms with E-state index in [-0.39, 0.29) is 17.6 Å². The molecule has 21 heavy (non-hydrogen) atoms. The molecule has 1 aromatic carbocycles. The highest BCUT2D eigenvalue weighted by Gasteiger charge is 2.30. The zero-order valence-corrected chi connectivity index (χ0v) is 11.7. The molecule has 1 aliphatic heterocycles. The topological polar surface area (TPSA) is 74.7 Å². The van der Waals surface area contributed by atoms with E-state index in [4.69, 9.17) is 5.11 Å². The Morgan fingerprint density at radius 3 is 2.52 bits per heavy atom. The summed E-state index contributed by atoms with van der Waals surface area (Å²) >= 11 is 0. The number of carboxylic acids is 1. The van der Waals surface area contributed by atoms with E-state index >= 15 is 0 Å². The number of Topliss-reactive ketones (excluding diaryl/α,β-unsaturated/α-hetero) is 1. The fourth-order valence-electron chi connectivity index (χ4n) is 3.19. The van der Waals surface area contributed by atoms with Crippen molar-refractivity contribution in [1.29, 1.82) is 0 Å². The monoisotopic (exact) mass is 287 g/mol. The van der Waals surface area contributed by atoms with Gasteiger partial charge in [-0.1, -0.05) is 12.1 Å². The first kappa shape index (κ1) is 13.8. The van der Waals surface area contributed by atoms with Crippen molar-refractivity contribution in [3.63, 3.8) is 0 Å². The summed E-state index contributed by atoms with van der Waals surface area (Å²) in [5.41, 5.74) is 2.13. The molecule has 0 spiro atoms. The number of carboxylic acid groups (broad SMARTS) is 1. The van der Waals surface area contributed by atoms with Crippen molar-refractivity contribution in [2.24, 2.45) is 5.92 Å². The molecule has 1 amide bonds.